The largest absolute Gasteiger partial charge is 0.353 e. The number of nitrogens with zero attached hydrogens (tertiary/aromatic N) is 1. The summed E-state index contributed by atoms with van der Waals surface area (Å²) >= 11 is 0. The molecule has 1 aromatic rings. The van der Waals surface area contributed by atoms with Gasteiger partial charge in [0.25, 0.3) is 0 Å². The molecule has 1 amide bonds. The van der Waals surface area contributed by atoms with Crippen molar-refractivity contribution in [2.75, 3.05) is 18.8 Å². The lowest BCUT2D eigenvalue weighted by Crippen LogP contribution is -2.46. The molecule has 6 heteroatoms. The van der Waals surface area contributed by atoms with E-state index in [2.05, 4.69) is 31.3 Å². The third kappa shape index (κ3) is 5.30. The van der Waals surface area contributed by atoms with Crippen LogP contribution in [0.15, 0.2) is 30.3 Å². The van der Waals surface area contributed by atoms with Crippen LogP contribution in [0.2, 0.25) is 0 Å². The fourth-order valence-corrected chi connectivity index (χ4v) is 4.90. The van der Waals surface area contributed by atoms with Crippen LogP contribution >= 0.6 is 0 Å². The first-order chi connectivity index (χ1) is 12.2. The summed E-state index contributed by atoms with van der Waals surface area (Å²) in [7, 11) is -3.15. The molecule has 1 aromatic carbocycles. The maximum Gasteiger partial charge on any atom is 0.223 e. The Morgan fingerprint density at radius 1 is 1.23 bits per heavy atom. The molecule has 5 nitrogen and oxygen atoms in total. The van der Waals surface area contributed by atoms with Crippen LogP contribution in [0.25, 0.3) is 0 Å². The molecule has 1 fully saturated rings. The van der Waals surface area contributed by atoms with Crippen LogP contribution in [-0.2, 0) is 20.2 Å². The van der Waals surface area contributed by atoms with Crippen molar-refractivity contribution in [3.05, 3.63) is 35.9 Å². The summed E-state index contributed by atoms with van der Waals surface area (Å²) < 4.78 is 25.4. The molecule has 0 aliphatic carbocycles. The van der Waals surface area contributed by atoms with Gasteiger partial charge in [0.05, 0.1) is 5.75 Å². The van der Waals surface area contributed by atoms with E-state index in [1.807, 2.05) is 25.1 Å². The third-order valence-electron chi connectivity index (χ3n) is 5.34. The van der Waals surface area contributed by atoms with Crippen molar-refractivity contribution in [3.8, 4) is 0 Å². The molecular formula is C20H32N2O3S. The van der Waals surface area contributed by atoms with Gasteiger partial charge in [-0.1, -0.05) is 44.2 Å². The minimum atomic E-state index is -3.15. The molecule has 0 bridgehead atoms. The topological polar surface area (TPSA) is 66.5 Å². The molecule has 26 heavy (non-hydrogen) atoms. The number of rotatable bonds is 7. The number of amides is 1. The highest BCUT2D eigenvalue weighted by Gasteiger charge is 2.31. The Morgan fingerprint density at radius 2 is 1.81 bits per heavy atom. The second-order valence-corrected chi connectivity index (χ2v) is 10.2. The Bertz CT molecular complexity index is 693. The minimum absolute atomic E-state index is 0.0213. The first-order valence-electron chi connectivity index (χ1n) is 9.49. The third-order valence-corrected chi connectivity index (χ3v) is 7.22. The van der Waals surface area contributed by atoms with Gasteiger partial charge < -0.3 is 5.32 Å². The minimum Gasteiger partial charge on any atom is -0.353 e. The van der Waals surface area contributed by atoms with Gasteiger partial charge in [-0.05, 0) is 44.1 Å². The van der Waals surface area contributed by atoms with Gasteiger partial charge in [0, 0.05) is 25.0 Å². The number of piperidine rings is 1. The summed E-state index contributed by atoms with van der Waals surface area (Å²) in [5, 5.41) is 3.14. The predicted octanol–water partition coefficient (Wildman–Crippen LogP) is 2.92. The highest BCUT2D eigenvalue weighted by atomic mass is 32.2. The van der Waals surface area contributed by atoms with Gasteiger partial charge >= 0.3 is 0 Å². The number of sulfonamides is 1. The zero-order valence-electron chi connectivity index (χ0n) is 16.4. The Morgan fingerprint density at radius 3 is 2.35 bits per heavy atom. The summed E-state index contributed by atoms with van der Waals surface area (Å²) in [6.45, 7) is 8.97. The smallest absolute Gasteiger partial charge is 0.223 e. The van der Waals surface area contributed by atoms with E-state index in [-0.39, 0.29) is 29.0 Å². The quantitative estimate of drug-likeness (QED) is 0.791. The van der Waals surface area contributed by atoms with Gasteiger partial charge in [0.1, 0.15) is 0 Å². The predicted molar refractivity (Wildman–Crippen MR) is 105 cm³/mol. The van der Waals surface area contributed by atoms with Crippen LogP contribution in [0.3, 0.4) is 0 Å². The molecule has 146 valence electrons. The van der Waals surface area contributed by atoms with Crippen LogP contribution < -0.4 is 5.32 Å². The molecule has 0 saturated carbocycles. The van der Waals surface area contributed by atoms with Gasteiger partial charge in [-0.25, -0.2) is 12.7 Å². The number of benzene rings is 1. The molecule has 1 saturated heterocycles. The van der Waals surface area contributed by atoms with Crippen molar-refractivity contribution in [2.45, 2.75) is 58.4 Å². The number of carbonyl (C=O) groups is 1. The fraction of sp³-hybridized carbons (Fsp3) is 0.650. The van der Waals surface area contributed by atoms with Crippen LogP contribution in [0, 0.1) is 5.92 Å². The maximum absolute atomic E-state index is 12.6. The molecular weight excluding hydrogens is 348 g/mol. The molecule has 2 rings (SSSR count). The summed E-state index contributed by atoms with van der Waals surface area (Å²) in [6, 6.07) is 10.4. The van der Waals surface area contributed by atoms with Crippen molar-refractivity contribution >= 4 is 15.9 Å². The molecule has 0 spiro atoms. The van der Waals surface area contributed by atoms with E-state index in [0.717, 1.165) is 6.42 Å². The van der Waals surface area contributed by atoms with Crippen molar-refractivity contribution < 1.29 is 13.2 Å². The van der Waals surface area contributed by atoms with E-state index in [1.54, 1.807) is 6.92 Å². The standard InChI is InChI=1S/C20H32N2O3S/c1-5-26(24,25)22-13-11-17(12-14-22)19(23)21-16(2)15-20(3,4)18-9-7-6-8-10-18/h6-10,16-17H,5,11-15H2,1-4H3,(H,21,23). The molecule has 1 atom stereocenters. The second-order valence-electron chi connectivity index (χ2n) is 7.94. The number of hydrogen-bond acceptors (Lipinski definition) is 3. The van der Waals surface area contributed by atoms with E-state index < -0.39 is 10.0 Å². The lowest BCUT2D eigenvalue weighted by Gasteiger charge is -2.32. The van der Waals surface area contributed by atoms with Gasteiger partial charge in [0.15, 0.2) is 0 Å². The van der Waals surface area contributed by atoms with Gasteiger partial charge in [-0.2, -0.15) is 0 Å². The van der Waals surface area contributed by atoms with Crippen molar-refractivity contribution in [1.82, 2.24) is 9.62 Å². The Labute approximate surface area is 158 Å². The normalized spacial score (nSPS) is 18.5. The lowest BCUT2D eigenvalue weighted by atomic mass is 9.79. The average molecular weight is 381 g/mol. The van der Waals surface area contributed by atoms with Crippen LogP contribution in [0.5, 0.6) is 0 Å². The number of hydrogen-bond donors (Lipinski definition) is 1. The van der Waals surface area contributed by atoms with E-state index in [4.69, 9.17) is 0 Å². The first kappa shape index (κ1) is 20.9. The van der Waals surface area contributed by atoms with Crippen molar-refractivity contribution in [3.63, 3.8) is 0 Å². The van der Waals surface area contributed by atoms with Crippen molar-refractivity contribution in [1.29, 1.82) is 0 Å². The molecule has 0 radical (unpaired) electrons. The number of carbonyl (C=O) groups excluding carboxylic acids is 1. The highest BCUT2D eigenvalue weighted by Crippen LogP contribution is 2.28. The zero-order valence-corrected chi connectivity index (χ0v) is 17.2. The summed E-state index contributed by atoms with van der Waals surface area (Å²) in [6.07, 6.45) is 2.05. The molecule has 1 aliphatic heterocycles. The monoisotopic (exact) mass is 380 g/mol. The Hall–Kier alpha value is -1.40. The van der Waals surface area contributed by atoms with E-state index in [1.165, 1.54) is 9.87 Å². The molecule has 0 aromatic heterocycles. The van der Waals surface area contributed by atoms with Crippen LogP contribution in [0.1, 0.15) is 52.5 Å². The molecule has 1 heterocycles. The lowest BCUT2D eigenvalue weighted by molar-refractivity contribution is -0.126. The SMILES string of the molecule is CCS(=O)(=O)N1CCC(C(=O)NC(C)CC(C)(C)c2ccccc2)CC1. The van der Waals surface area contributed by atoms with Crippen LogP contribution in [0.4, 0.5) is 0 Å². The molecule has 1 aliphatic rings. The molecule has 1 unspecified atom stereocenters. The van der Waals surface area contributed by atoms with E-state index in [9.17, 15) is 13.2 Å². The van der Waals surface area contributed by atoms with Gasteiger partial charge in [-0.3, -0.25) is 4.79 Å². The Balaban J connectivity index is 1.86. The van der Waals surface area contributed by atoms with Crippen LogP contribution in [-0.4, -0.2) is 43.5 Å². The zero-order chi connectivity index (χ0) is 19.4. The summed E-state index contributed by atoms with van der Waals surface area (Å²) in [5.74, 6) is 0.0747. The first-order valence-corrected chi connectivity index (χ1v) is 11.1. The fourth-order valence-electron chi connectivity index (χ4n) is 3.76. The van der Waals surface area contributed by atoms with Crippen molar-refractivity contribution in [2.24, 2.45) is 5.92 Å². The van der Waals surface area contributed by atoms with E-state index in [0.29, 0.717) is 25.9 Å². The Kier molecular flexibility index (Phi) is 6.86. The van der Waals surface area contributed by atoms with Gasteiger partial charge in [0.2, 0.25) is 15.9 Å². The molecule has 1 N–H and O–H groups in total. The average Bonchev–Trinajstić information content (AvgIpc) is 2.62. The summed E-state index contributed by atoms with van der Waals surface area (Å²) in [4.78, 5) is 12.6. The highest BCUT2D eigenvalue weighted by molar-refractivity contribution is 7.89. The van der Waals surface area contributed by atoms with Gasteiger partial charge in [-0.15, -0.1) is 0 Å². The summed E-state index contributed by atoms with van der Waals surface area (Å²) in [5.41, 5.74) is 1.24. The second kappa shape index (κ2) is 8.53. The number of nitrogens with one attached hydrogen (secondary N) is 1. The van der Waals surface area contributed by atoms with E-state index >= 15 is 0 Å². The maximum atomic E-state index is 12.6.